The van der Waals surface area contributed by atoms with E-state index in [1.165, 1.54) is 5.56 Å². The highest BCUT2D eigenvalue weighted by Crippen LogP contribution is 2.41. The first-order chi connectivity index (χ1) is 12.3. The highest BCUT2D eigenvalue weighted by Gasteiger charge is 2.49. The molecule has 3 aliphatic rings. The molecule has 0 saturated carbocycles. The number of nitrogens with zero attached hydrogens (tertiary/aromatic N) is 2. The van der Waals surface area contributed by atoms with Crippen molar-refractivity contribution < 1.29 is 9.53 Å². The van der Waals surface area contributed by atoms with Gasteiger partial charge in [-0.25, -0.2) is 0 Å². The lowest BCUT2D eigenvalue weighted by molar-refractivity contribution is -0.150. The van der Waals surface area contributed by atoms with Crippen LogP contribution in [0, 0.1) is 5.41 Å². The number of benzene rings is 1. The highest BCUT2D eigenvalue weighted by atomic mass is 16.5. The smallest absolute Gasteiger partial charge is 0.230 e. The summed E-state index contributed by atoms with van der Waals surface area (Å²) in [6, 6.07) is 11.1. The first kappa shape index (κ1) is 17.0. The maximum absolute atomic E-state index is 13.3. The van der Waals surface area contributed by atoms with Gasteiger partial charge in [-0.05, 0) is 50.6 Å². The third kappa shape index (κ3) is 3.61. The first-order valence-corrected chi connectivity index (χ1v) is 9.92. The zero-order chi connectivity index (χ0) is 17.1. The Morgan fingerprint density at radius 2 is 1.88 bits per heavy atom. The summed E-state index contributed by atoms with van der Waals surface area (Å²) in [5.74, 6) is 0.438. The molecule has 0 radical (unpaired) electrons. The molecule has 1 aromatic carbocycles. The van der Waals surface area contributed by atoms with Crippen molar-refractivity contribution in [2.75, 3.05) is 39.4 Å². The van der Waals surface area contributed by atoms with Crippen LogP contribution in [0.4, 0.5) is 0 Å². The summed E-state index contributed by atoms with van der Waals surface area (Å²) >= 11 is 0. The van der Waals surface area contributed by atoms with Gasteiger partial charge in [-0.1, -0.05) is 30.3 Å². The Labute approximate surface area is 151 Å². The van der Waals surface area contributed by atoms with Gasteiger partial charge in [0.1, 0.15) is 0 Å². The number of hydrogen-bond donors (Lipinski definition) is 0. The van der Waals surface area contributed by atoms with Crippen LogP contribution in [0.5, 0.6) is 0 Å². The van der Waals surface area contributed by atoms with Gasteiger partial charge in [0.2, 0.25) is 5.91 Å². The fraction of sp³-hybridized carbons (Fsp3) is 0.667. The lowest BCUT2D eigenvalue weighted by atomic mass is 9.77. The quantitative estimate of drug-likeness (QED) is 0.843. The molecule has 1 spiro atoms. The number of rotatable bonds is 4. The van der Waals surface area contributed by atoms with Crippen LogP contribution in [0.3, 0.4) is 0 Å². The van der Waals surface area contributed by atoms with Crippen LogP contribution >= 0.6 is 0 Å². The van der Waals surface area contributed by atoms with E-state index in [0.717, 1.165) is 77.9 Å². The maximum atomic E-state index is 13.3. The van der Waals surface area contributed by atoms with Crippen LogP contribution in [-0.4, -0.2) is 61.1 Å². The minimum absolute atomic E-state index is 0.104. The summed E-state index contributed by atoms with van der Waals surface area (Å²) in [4.78, 5) is 18.1. The van der Waals surface area contributed by atoms with Crippen molar-refractivity contribution in [3.8, 4) is 0 Å². The SMILES string of the molecule is O=C1N(C2CCOCC2)CCC[C@@]12CCN(CCc1ccccc1)C2. The average molecular weight is 342 g/mol. The second-order valence-electron chi connectivity index (χ2n) is 7.99. The van der Waals surface area contributed by atoms with E-state index in [2.05, 4.69) is 40.1 Å². The van der Waals surface area contributed by atoms with Gasteiger partial charge in [-0.15, -0.1) is 0 Å². The molecule has 25 heavy (non-hydrogen) atoms. The largest absolute Gasteiger partial charge is 0.381 e. The van der Waals surface area contributed by atoms with Crippen LogP contribution in [0.25, 0.3) is 0 Å². The second-order valence-corrected chi connectivity index (χ2v) is 7.99. The number of ether oxygens (including phenoxy) is 1. The van der Waals surface area contributed by atoms with Crippen molar-refractivity contribution in [3.63, 3.8) is 0 Å². The number of likely N-dealkylation sites (tertiary alicyclic amines) is 2. The van der Waals surface area contributed by atoms with Gasteiger partial charge in [0, 0.05) is 38.9 Å². The van der Waals surface area contributed by atoms with Gasteiger partial charge < -0.3 is 14.5 Å². The van der Waals surface area contributed by atoms with Gasteiger partial charge in [-0.2, -0.15) is 0 Å². The van der Waals surface area contributed by atoms with E-state index < -0.39 is 0 Å². The summed E-state index contributed by atoms with van der Waals surface area (Å²) in [5, 5.41) is 0. The van der Waals surface area contributed by atoms with Gasteiger partial charge in [0.25, 0.3) is 0 Å². The van der Waals surface area contributed by atoms with Crippen molar-refractivity contribution in [3.05, 3.63) is 35.9 Å². The zero-order valence-electron chi connectivity index (χ0n) is 15.2. The highest BCUT2D eigenvalue weighted by molar-refractivity contribution is 5.84. The molecule has 0 aromatic heterocycles. The Kier molecular flexibility index (Phi) is 5.09. The Hall–Kier alpha value is -1.39. The Morgan fingerprint density at radius 3 is 2.68 bits per heavy atom. The Morgan fingerprint density at radius 1 is 1.08 bits per heavy atom. The third-order valence-electron chi connectivity index (χ3n) is 6.39. The molecule has 3 saturated heterocycles. The summed E-state index contributed by atoms with van der Waals surface area (Å²) in [5.41, 5.74) is 1.29. The minimum atomic E-state index is -0.104. The number of hydrogen-bond acceptors (Lipinski definition) is 3. The van der Waals surface area contributed by atoms with Gasteiger partial charge in [-0.3, -0.25) is 4.79 Å². The molecule has 0 unspecified atom stereocenters. The van der Waals surface area contributed by atoms with Crippen molar-refractivity contribution >= 4 is 5.91 Å². The van der Waals surface area contributed by atoms with Gasteiger partial charge >= 0.3 is 0 Å². The Bertz CT molecular complexity index is 585. The number of amides is 1. The van der Waals surface area contributed by atoms with Crippen LogP contribution in [0.2, 0.25) is 0 Å². The monoisotopic (exact) mass is 342 g/mol. The molecule has 4 nitrogen and oxygen atoms in total. The Balaban J connectivity index is 1.37. The zero-order valence-corrected chi connectivity index (χ0v) is 15.2. The number of carbonyl (C=O) groups excluding carboxylic acids is 1. The molecule has 1 aromatic rings. The van der Waals surface area contributed by atoms with E-state index >= 15 is 0 Å². The van der Waals surface area contributed by atoms with Crippen molar-refractivity contribution in [2.45, 2.75) is 44.6 Å². The van der Waals surface area contributed by atoms with Crippen molar-refractivity contribution in [2.24, 2.45) is 5.41 Å². The molecule has 0 bridgehead atoms. The van der Waals surface area contributed by atoms with E-state index in [4.69, 9.17) is 4.74 Å². The lowest BCUT2D eigenvalue weighted by Crippen LogP contribution is -2.54. The molecular weight excluding hydrogens is 312 g/mol. The molecule has 136 valence electrons. The molecule has 4 heteroatoms. The minimum Gasteiger partial charge on any atom is -0.381 e. The van der Waals surface area contributed by atoms with Crippen molar-refractivity contribution in [1.29, 1.82) is 0 Å². The van der Waals surface area contributed by atoms with E-state index in [-0.39, 0.29) is 5.41 Å². The third-order valence-corrected chi connectivity index (χ3v) is 6.39. The van der Waals surface area contributed by atoms with Crippen molar-refractivity contribution in [1.82, 2.24) is 9.80 Å². The molecule has 1 amide bonds. The summed E-state index contributed by atoms with van der Waals surface area (Å²) < 4.78 is 5.49. The fourth-order valence-corrected chi connectivity index (χ4v) is 4.91. The normalized spacial score (nSPS) is 28.8. The van der Waals surface area contributed by atoms with Crippen LogP contribution in [-0.2, 0) is 16.0 Å². The standard InChI is InChI=1S/C21H30N2O2/c24-20-21(10-4-12-23(20)19-8-15-25-16-9-19)11-14-22(17-21)13-7-18-5-2-1-3-6-18/h1-3,5-6,19H,4,7-17H2/t21-/m0/s1. The van der Waals surface area contributed by atoms with Crippen LogP contribution < -0.4 is 0 Å². The van der Waals surface area contributed by atoms with E-state index in [0.29, 0.717) is 11.9 Å². The number of carbonyl (C=O) groups is 1. The molecule has 1 atom stereocenters. The van der Waals surface area contributed by atoms with E-state index in [9.17, 15) is 4.79 Å². The van der Waals surface area contributed by atoms with E-state index in [1.54, 1.807) is 0 Å². The molecular formula is C21H30N2O2. The lowest BCUT2D eigenvalue weighted by Gasteiger charge is -2.44. The topological polar surface area (TPSA) is 32.8 Å². The first-order valence-electron chi connectivity index (χ1n) is 9.92. The van der Waals surface area contributed by atoms with Crippen LogP contribution in [0.15, 0.2) is 30.3 Å². The summed E-state index contributed by atoms with van der Waals surface area (Å²) in [6.45, 7) is 5.67. The number of piperidine rings is 1. The predicted octanol–water partition coefficient (Wildman–Crippen LogP) is 2.72. The molecule has 0 aliphatic carbocycles. The van der Waals surface area contributed by atoms with Gasteiger partial charge in [0.15, 0.2) is 0 Å². The van der Waals surface area contributed by atoms with Crippen LogP contribution in [0.1, 0.15) is 37.7 Å². The second kappa shape index (κ2) is 7.46. The molecule has 0 N–H and O–H groups in total. The molecule has 4 rings (SSSR count). The fourth-order valence-electron chi connectivity index (χ4n) is 4.91. The maximum Gasteiger partial charge on any atom is 0.230 e. The summed E-state index contributed by atoms with van der Waals surface area (Å²) in [6.07, 6.45) is 6.39. The molecule has 3 aliphatic heterocycles. The van der Waals surface area contributed by atoms with Gasteiger partial charge in [0.05, 0.1) is 5.41 Å². The predicted molar refractivity (Wildman–Crippen MR) is 98.4 cm³/mol. The van der Waals surface area contributed by atoms with E-state index in [1.807, 2.05) is 0 Å². The molecule has 3 fully saturated rings. The average Bonchev–Trinajstić information content (AvgIpc) is 3.08. The summed E-state index contributed by atoms with van der Waals surface area (Å²) in [7, 11) is 0. The molecule has 3 heterocycles.